The number of nitrogens with one attached hydrogen (secondary N) is 1. The molecular weight excluding hydrogens is 342 g/mol. The predicted octanol–water partition coefficient (Wildman–Crippen LogP) is 3.43. The zero-order chi connectivity index (χ0) is 15.9. The summed E-state index contributed by atoms with van der Waals surface area (Å²) in [5.74, 6) is -0.150. The minimum atomic E-state index is -0.150. The summed E-state index contributed by atoms with van der Waals surface area (Å²) in [6, 6.07) is 17.5. The fourth-order valence-electron chi connectivity index (χ4n) is 1.93. The van der Waals surface area contributed by atoms with Crippen molar-refractivity contribution in [2.45, 2.75) is 6.92 Å². The second kappa shape index (κ2) is 7.75. The molecule has 0 saturated carbocycles. The molecule has 22 heavy (non-hydrogen) atoms. The second-order valence-electron chi connectivity index (χ2n) is 4.93. The van der Waals surface area contributed by atoms with Gasteiger partial charge in [-0.15, -0.1) is 0 Å². The van der Waals surface area contributed by atoms with E-state index in [1.165, 1.54) is 0 Å². The maximum absolute atomic E-state index is 11.9. The van der Waals surface area contributed by atoms with Gasteiger partial charge in [0.05, 0.1) is 12.3 Å². The van der Waals surface area contributed by atoms with Crippen LogP contribution >= 0.6 is 15.9 Å². The molecule has 0 radical (unpaired) electrons. The van der Waals surface area contributed by atoms with Crippen LogP contribution in [0.1, 0.15) is 12.5 Å². The van der Waals surface area contributed by atoms with Gasteiger partial charge in [-0.25, -0.2) is 5.43 Å². The van der Waals surface area contributed by atoms with E-state index >= 15 is 0 Å². The van der Waals surface area contributed by atoms with Crippen LogP contribution in [-0.2, 0) is 4.79 Å². The molecule has 2 aromatic rings. The van der Waals surface area contributed by atoms with Gasteiger partial charge >= 0.3 is 0 Å². The molecule has 0 saturated heterocycles. The number of anilines is 1. The number of benzene rings is 2. The smallest absolute Gasteiger partial charge is 0.259 e. The third-order valence-electron chi connectivity index (χ3n) is 3.19. The fourth-order valence-corrected chi connectivity index (χ4v) is 2.19. The highest BCUT2D eigenvalue weighted by molar-refractivity contribution is 9.10. The highest BCUT2D eigenvalue weighted by Gasteiger charge is 2.06. The monoisotopic (exact) mass is 359 g/mol. The Kier molecular flexibility index (Phi) is 5.72. The molecule has 0 atom stereocenters. The van der Waals surface area contributed by atoms with Crippen molar-refractivity contribution in [2.75, 3.05) is 18.5 Å². The Morgan fingerprint density at radius 3 is 2.41 bits per heavy atom. The maximum Gasteiger partial charge on any atom is 0.259 e. The fraction of sp³-hybridized carbons (Fsp3) is 0.176. The molecule has 0 aliphatic heterocycles. The van der Waals surface area contributed by atoms with Crippen LogP contribution in [0.2, 0.25) is 0 Å². The van der Waals surface area contributed by atoms with Crippen LogP contribution in [0.15, 0.2) is 64.2 Å². The van der Waals surface area contributed by atoms with E-state index in [1.807, 2.05) is 73.5 Å². The van der Waals surface area contributed by atoms with Gasteiger partial charge in [0.1, 0.15) is 0 Å². The van der Waals surface area contributed by atoms with E-state index in [0.717, 1.165) is 21.4 Å². The van der Waals surface area contributed by atoms with Crippen LogP contribution in [0, 0.1) is 0 Å². The van der Waals surface area contributed by atoms with Gasteiger partial charge in [0.2, 0.25) is 0 Å². The van der Waals surface area contributed by atoms with Gasteiger partial charge in [0.15, 0.2) is 0 Å². The summed E-state index contributed by atoms with van der Waals surface area (Å²) in [4.78, 5) is 13.8. The number of rotatable bonds is 5. The highest BCUT2D eigenvalue weighted by atomic mass is 79.9. The summed E-state index contributed by atoms with van der Waals surface area (Å²) in [5, 5.41) is 4.15. The minimum absolute atomic E-state index is 0.150. The number of amides is 1. The number of carbonyl (C=O) groups is 1. The molecule has 0 bridgehead atoms. The van der Waals surface area contributed by atoms with Crippen molar-refractivity contribution in [1.82, 2.24) is 5.43 Å². The number of nitrogens with zero attached hydrogens (tertiary/aromatic N) is 2. The largest absolute Gasteiger partial charge is 0.365 e. The van der Waals surface area contributed by atoms with Crippen molar-refractivity contribution in [3.8, 4) is 0 Å². The van der Waals surface area contributed by atoms with Gasteiger partial charge in [-0.05, 0) is 36.8 Å². The third-order valence-corrected chi connectivity index (χ3v) is 3.72. The van der Waals surface area contributed by atoms with Crippen LogP contribution in [0.4, 0.5) is 5.69 Å². The molecule has 0 aliphatic carbocycles. The lowest BCUT2D eigenvalue weighted by Gasteiger charge is -2.17. The van der Waals surface area contributed by atoms with Crippen LogP contribution in [0.25, 0.3) is 0 Å². The van der Waals surface area contributed by atoms with Gasteiger partial charge in [-0.2, -0.15) is 5.10 Å². The summed E-state index contributed by atoms with van der Waals surface area (Å²) in [5.41, 5.74) is 5.32. The maximum atomic E-state index is 11.9. The molecule has 5 heteroatoms. The van der Waals surface area contributed by atoms with E-state index in [9.17, 15) is 4.79 Å². The zero-order valence-corrected chi connectivity index (χ0v) is 14.2. The highest BCUT2D eigenvalue weighted by Crippen LogP contribution is 2.11. The number of hydrogen-bond donors (Lipinski definition) is 1. The third kappa shape index (κ3) is 4.70. The van der Waals surface area contributed by atoms with Crippen molar-refractivity contribution in [3.05, 3.63) is 64.6 Å². The van der Waals surface area contributed by atoms with Crippen molar-refractivity contribution >= 4 is 33.2 Å². The van der Waals surface area contributed by atoms with Crippen LogP contribution in [-0.4, -0.2) is 25.2 Å². The van der Waals surface area contributed by atoms with Gasteiger partial charge in [-0.1, -0.05) is 46.3 Å². The first-order valence-electron chi connectivity index (χ1n) is 6.91. The molecule has 1 amide bonds. The number of para-hydroxylation sites is 1. The predicted molar refractivity (Wildman–Crippen MR) is 94.2 cm³/mol. The lowest BCUT2D eigenvalue weighted by atomic mass is 10.1. The average Bonchev–Trinajstić information content (AvgIpc) is 2.54. The number of halogens is 1. The van der Waals surface area contributed by atoms with E-state index < -0.39 is 0 Å². The number of hydrazone groups is 1. The topological polar surface area (TPSA) is 44.7 Å². The molecular formula is C17H18BrN3O. The molecule has 0 unspecified atom stereocenters. The minimum Gasteiger partial charge on any atom is -0.365 e. The number of hydrogen-bond acceptors (Lipinski definition) is 3. The number of carbonyl (C=O) groups excluding carboxylic acids is 1. The Hall–Kier alpha value is -2.14. The van der Waals surface area contributed by atoms with Crippen LogP contribution < -0.4 is 10.3 Å². The first-order valence-corrected chi connectivity index (χ1v) is 7.71. The Bertz CT molecular complexity index is 653. The van der Waals surface area contributed by atoms with E-state index in [1.54, 1.807) is 0 Å². The van der Waals surface area contributed by atoms with E-state index in [0.29, 0.717) is 0 Å². The molecule has 0 heterocycles. The standard InChI is InChI=1S/C17H18BrN3O/c1-13(14-8-10-15(18)11-9-14)19-20-17(22)12-21(2)16-6-4-3-5-7-16/h3-11H,12H2,1-2H3,(H,20,22)/b19-13+. The summed E-state index contributed by atoms with van der Waals surface area (Å²) < 4.78 is 1.01. The summed E-state index contributed by atoms with van der Waals surface area (Å²) in [6.07, 6.45) is 0. The summed E-state index contributed by atoms with van der Waals surface area (Å²) in [7, 11) is 1.88. The van der Waals surface area contributed by atoms with Gasteiger partial charge in [-0.3, -0.25) is 4.79 Å². The lowest BCUT2D eigenvalue weighted by molar-refractivity contribution is -0.119. The number of likely N-dealkylation sites (N-methyl/N-ethyl adjacent to an activating group) is 1. The normalized spacial score (nSPS) is 11.1. The molecule has 2 rings (SSSR count). The molecule has 2 aromatic carbocycles. The molecule has 0 spiro atoms. The lowest BCUT2D eigenvalue weighted by Crippen LogP contribution is -2.33. The SMILES string of the molecule is C/C(=N\NC(=O)CN(C)c1ccccc1)c1ccc(Br)cc1. The zero-order valence-electron chi connectivity index (χ0n) is 12.6. The Labute approximate surface area is 139 Å². The molecule has 0 aliphatic rings. The molecule has 4 nitrogen and oxygen atoms in total. The van der Waals surface area contributed by atoms with Gasteiger partial charge < -0.3 is 4.90 Å². The van der Waals surface area contributed by atoms with Crippen molar-refractivity contribution < 1.29 is 4.79 Å². The molecule has 1 N–H and O–H groups in total. The summed E-state index contributed by atoms with van der Waals surface area (Å²) in [6.45, 7) is 2.12. The Morgan fingerprint density at radius 1 is 1.14 bits per heavy atom. The van der Waals surface area contributed by atoms with Crippen molar-refractivity contribution in [2.24, 2.45) is 5.10 Å². The van der Waals surface area contributed by atoms with E-state index in [-0.39, 0.29) is 12.5 Å². The Balaban J connectivity index is 1.92. The quantitative estimate of drug-likeness (QED) is 0.656. The van der Waals surface area contributed by atoms with Gasteiger partial charge in [0.25, 0.3) is 5.91 Å². The molecule has 114 valence electrons. The Morgan fingerprint density at radius 2 is 1.77 bits per heavy atom. The second-order valence-corrected chi connectivity index (χ2v) is 5.85. The molecule has 0 fully saturated rings. The van der Waals surface area contributed by atoms with E-state index in [2.05, 4.69) is 26.5 Å². The van der Waals surface area contributed by atoms with Gasteiger partial charge in [0, 0.05) is 17.2 Å². The van der Waals surface area contributed by atoms with Crippen LogP contribution in [0.3, 0.4) is 0 Å². The van der Waals surface area contributed by atoms with Crippen molar-refractivity contribution in [1.29, 1.82) is 0 Å². The van der Waals surface area contributed by atoms with E-state index in [4.69, 9.17) is 0 Å². The summed E-state index contributed by atoms with van der Waals surface area (Å²) >= 11 is 3.39. The first kappa shape index (κ1) is 16.2. The molecule has 0 aromatic heterocycles. The van der Waals surface area contributed by atoms with Crippen LogP contribution in [0.5, 0.6) is 0 Å². The van der Waals surface area contributed by atoms with Crippen molar-refractivity contribution in [3.63, 3.8) is 0 Å². The average molecular weight is 360 g/mol. The first-order chi connectivity index (χ1) is 10.6.